The normalized spacial score (nSPS) is 17.5. The van der Waals surface area contributed by atoms with E-state index in [1.165, 1.54) is 30.9 Å². The van der Waals surface area contributed by atoms with Gasteiger partial charge in [0.15, 0.2) is 5.69 Å². The molecule has 2 saturated carbocycles. The average molecular weight is 455 g/mol. The van der Waals surface area contributed by atoms with Gasteiger partial charge in [0.05, 0.1) is 11.5 Å². The van der Waals surface area contributed by atoms with Crippen LogP contribution in [-0.4, -0.2) is 38.7 Å². The summed E-state index contributed by atoms with van der Waals surface area (Å²) in [6.45, 7) is 0.114. The molecule has 2 aromatic rings. The minimum atomic E-state index is -0.507. The molecular weight excluding hydrogens is 424 g/mol. The third kappa shape index (κ3) is 5.77. The molecule has 4 rings (SSSR count). The van der Waals surface area contributed by atoms with Crippen LogP contribution in [0.15, 0.2) is 34.9 Å². The first-order valence-electron chi connectivity index (χ1n) is 11.8. The Kier molecular flexibility index (Phi) is 7.36. The molecule has 0 aliphatic heterocycles. The Morgan fingerprint density at radius 2 is 1.79 bits per heavy atom. The van der Waals surface area contributed by atoms with Gasteiger partial charge < -0.3 is 14.6 Å². The van der Waals surface area contributed by atoms with Crippen molar-refractivity contribution in [2.24, 2.45) is 0 Å². The van der Waals surface area contributed by atoms with Crippen LogP contribution in [0.25, 0.3) is 0 Å². The van der Waals surface area contributed by atoms with Crippen molar-refractivity contribution in [2.45, 2.75) is 82.8 Å². The van der Waals surface area contributed by atoms with E-state index in [9.17, 15) is 19.7 Å². The Hall–Kier alpha value is -3.23. The van der Waals surface area contributed by atoms with E-state index < -0.39 is 4.92 Å². The number of nitro groups is 1. The quantitative estimate of drug-likeness (QED) is 0.482. The number of amides is 2. The van der Waals surface area contributed by atoms with E-state index in [2.05, 4.69) is 10.3 Å². The van der Waals surface area contributed by atoms with E-state index >= 15 is 0 Å². The Balaban J connectivity index is 1.50. The average Bonchev–Trinajstić information content (AvgIpc) is 3.32. The summed E-state index contributed by atoms with van der Waals surface area (Å²) in [6.07, 6.45) is 11.6. The predicted octanol–water partition coefficient (Wildman–Crippen LogP) is 4.62. The van der Waals surface area contributed by atoms with Gasteiger partial charge in [-0.1, -0.05) is 44.6 Å². The van der Waals surface area contributed by atoms with E-state index in [-0.39, 0.29) is 53.3 Å². The molecule has 1 N–H and O–H groups in total. The Labute approximate surface area is 192 Å². The summed E-state index contributed by atoms with van der Waals surface area (Å²) in [5.41, 5.74) is 0.348. The second-order valence-electron chi connectivity index (χ2n) is 8.97. The molecule has 1 aromatic carbocycles. The highest BCUT2D eigenvalue weighted by Gasteiger charge is 2.29. The van der Waals surface area contributed by atoms with Gasteiger partial charge in [-0.15, -0.1) is 0 Å². The number of hydrogen-bond donors (Lipinski definition) is 1. The molecule has 2 aliphatic carbocycles. The smallest absolute Gasteiger partial charge is 0.273 e. The number of benzene rings is 1. The van der Waals surface area contributed by atoms with Gasteiger partial charge in [-0.3, -0.25) is 19.7 Å². The zero-order chi connectivity index (χ0) is 23.2. The summed E-state index contributed by atoms with van der Waals surface area (Å²) < 4.78 is 5.57. The summed E-state index contributed by atoms with van der Waals surface area (Å²) >= 11 is 0. The van der Waals surface area contributed by atoms with Gasteiger partial charge >= 0.3 is 0 Å². The van der Waals surface area contributed by atoms with Crippen molar-refractivity contribution < 1.29 is 18.9 Å². The number of non-ortho nitro benzene ring substituents is 1. The molecular formula is C24H30N4O5. The van der Waals surface area contributed by atoms with Gasteiger partial charge in [0, 0.05) is 29.8 Å². The van der Waals surface area contributed by atoms with E-state index in [1.54, 1.807) is 11.0 Å². The molecule has 2 aliphatic rings. The van der Waals surface area contributed by atoms with Crippen molar-refractivity contribution in [3.8, 4) is 0 Å². The van der Waals surface area contributed by atoms with Crippen LogP contribution in [0.2, 0.25) is 0 Å². The van der Waals surface area contributed by atoms with Gasteiger partial charge in [-0.25, -0.2) is 4.98 Å². The highest BCUT2D eigenvalue weighted by Crippen LogP contribution is 2.27. The summed E-state index contributed by atoms with van der Waals surface area (Å²) in [4.78, 5) is 42.7. The lowest BCUT2D eigenvalue weighted by Gasteiger charge is -2.33. The number of nitrogens with zero attached hydrogens (tertiary/aromatic N) is 3. The second kappa shape index (κ2) is 10.6. The zero-order valence-electron chi connectivity index (χ0n) is 18.7. The molecule has 2 amide bonds. The molecule has 1 heterocycles. The zero-order valence-corrected chi connectivity index (χ0v) is 18.7. The van der Waals surface area contributed by atoms with E-state index in [0.29, 0.717) is 0 Å². The number of nitrogens with one attached hydrogen (secondary N) is 1. The minimum absolute atomic E-state index is 0.00284. The lowest BCUT2D eigenvalue weighted by Crippen LogP contribution is -2.41. The molecule has 0 spiro atoms. The molecule has 0 radical (unpaired) electrons. The monoisotopic (exact) mass is 454 g/mol. The van der Waals surface area contributed by atoms with Crippen molar-refractivity contribution in [1.82, 2.24) is 15.2 Å². The number of nitro benzene ring substituents is 1. The fourth-order valence-electron chi connectivity index (χ4n) is 4.82. The van der Waals surface area contributed by atoms with Crippen LogP contribution < -0.4 is 5.32 Å². The van der Waals surface area contributed by atoms with Gasteiger partial charge in [-0.2, -0.15) is 0 Å². The summed E-state index contributed by atoms with van der Waals surface area (Å²) in [6, 6.07) is 5.94. The first-order valence-corrected chi connectivity index (χ1v) is 11.8. The highest BCUT2D eigenvalue weighted by atomic mass is 16.6. The summed E-state index contributed by atoms with van der Waals surface area (Å²) in [5.74, 6) is -0.267. The number of hydrogen-bond acceptors (Lipinski definition) is 6. The van der Waals surface area contributed by atoms with Crippen LogP contribution >= 0.6 is 0 Å². The Morgan fingerprint density at radius 1 is 1.09 bits per heavy atom. The standard InChI is InChI=1S/C24H30N4O5/c29-23(25-18-9-3-1-4-10-18)21-16-33-22(26-21)15-27(19-11-5-2-6-12-19)24(30)17-8-7-13-20(14-17)28(31)32/h7-8,13-14,16,18-19H,1-6,9-12,15H2,(H,25,29). The van der Waals surface area contributed by atoms with Gasteiger partial charge in [0.2, 0.25) is 5.89 Å². The number of rotatable bonds is 7. The lowest BCUT2D eigenvalue weighted by atomic mass is 9.93. The molecule has 0 unspecified atom stereocenters. The van der Waals surface area contributed by atoms with Crippen LogP contribution in [0.1, 0.15) is 90.9 Å². The van der Waals surface area contributed by atoms with Gasteiger partial charge in [0.25, 0.3) is 17.5 Å². The Bertz CT molecular complexity index is 992. The maximum absolute atomic E-state index is 13.4. The van der Waals surface area contributed by atoms with Crippen molar-refractivity contribution in [1.29, 1.82) is 0 Å². The largest absolute Gasteiger partial charge is 0.446 e. The summed E-state index contributed by atoms with van der Waals surface area (Å²) in [7, 11) is 0. The van der Waals surface area contributed by atoms with Crippen molar-refractivity contribution in [2.75, 3.05) is 0 Å². The number of carbonyl (C=O) groups is 2. The molecule has 176 valence electrons. The molecule has 2 fully saturated rings. The maximum Gasteiger partial charge on any atom is 0.273 e. The minimum Gasteiger partial charge on any atom is -0.446 e. The molecule has 0 bridgehead atoms. The fourth-order valence-corrected chi connectivity index (χ4v) is 4.82. The fraction of sp³-hybridized carbons (Fsp3) is 0.542. The molecule has 0 saturated heterocycles. The molecule has 1 aromatic heterocycles. The number of carbonyl (C=O) groups excluding carboxylic acids is 2. The van der Waals surface area contributed by atoms with Crippen LogP contribution in [-0.2, 0) is 6.54 Å². The third-order valence-electron chi connectivity index (χ3n) is 6.61. The van der Waals surface area contributed by atoms with Gasteiger partial charge in [-0.05, 0) is 31.7 Å². The third-order valence-corrected chi connectivity index (χ3v) is 6.61. The first kappa shape index (κ1) is 22.9. The van der Waals surface area contributed by atoms with Gasteiger partial charge in [0.1, 0.15) is 6.26 Å². The van der Waals surface area contributed by atoms with Crippen LogP contribution in [0.5, 0.6) is 0 Å². The van der Waals surface area contributed by atoms with Crippen molar-refractivity contribution >= 4 is 17.5 Å². The van der Waals surface area contributed by atoms with Crippen LogP contribution in [0, 0.1) is 10.1 Å². The topological polar surface area (TPSA) is 119 Å². The number of oxazole rings is 1. The highest BCUT2D eigenvalue weighted by molar-refractivity contribution is 5.95. The molecule has 0 atom stereocenters. The van der Waals surface area contributed by atoms with Crippen molar-refractivity contribution in [3.05, 3.63) is 57.8 Å². The SMILES string of the molecule is O=C(NC1CCCCC1)c1coc(CN(C(=O)c2cccc([N+](=O)[O-])c2)C2CCCCC2)n1. The maximum atomic E-state index is 13.4. The first-order chi connectivity index (χ1) is 16.0. The lowest BCUT2D eigenvalue weighted by molar-refractivity contribution is -0.384. The van der Waals surface area contributed by atoms with Crippen LogP contribution in [0.4, 0.5) is 5.69 Å². The van der Waals surface area contributed by atoms with E-state index in [0.717, 1.165) is 57.8 Å². The summed E-state index contributed by atoms with van der Waals surface area (Å²) in [5, 5.41) is 14.2. The second-order valence-corrected chi connectivity index (χ2v) is 8.97. The van der Waals surface area contributed by atoms with Crippen LogP contribution in [0.3, 0.4) is 0 Å². The van der Waals surface area contributed by atoms with E-state index in [1.807, 2.05) is 0 Å². The Morgan fingerprint density at radius 3 is 2.48 bits per heavy atom. The number of aromatic nitrogens is 1. The molecule has 33 heavy (non-hydrogen) atoms. The van der Waals surface area contributed by atoms with E-state index in [4.69, 9.17) is 4.42 Å². The van der Waals surface area contributed by atoms with Crippen molar-refractivity contribution in [3.63, 3.8) is 0 Å². The predicted molar refractivity (Wildman–Crippen MR) is 121 cm³/mol. The molecule has 9 nitrogen and oxygen atoms in total. The molecule has 9 heteroatoms.